The van der Waals surface area contributed by atoms with Gasteiger partial charge in [-0.3, -0.25) is 4.79 Å². The van der Waals surface area contributed by atoms with E-state index in [4.69, 9.17) is 16.3 Å². The van der Waals surface area contributed by atoms with Crippen molar-refractivity contribution in [3.05, 3.63) is 28.8 Å². The molecule has 0 radical (unpaired) electrons. The summed E-state index contributed by atoms with van der Waals surface area (Å²) in [6, 6.07) is 5.23. The third-order valence-corrected chi connectivity index (χ3v) is 3.75. The highest BCUT2D eigenvalue weighted by atomic mass is 35.5. The van der Waals surface area contributed by atoms with Crippen LogP contribution < -0.4 is 15.4 Å². The highest BCUT2D eigenvalue weighted by Crippen LogP contribution is 2.25. The van der Waals surface area contributed by atoms with E-state index in [0.717, 1.165) is 19.3 Å². The van der Waals surface area contributed by atoms with E-state index in [1.54, 1.807) is 18.2 Å². The first-order valence-electron chi connectivity index (χ1n) is 8.56. The summed E-state index contributed by atoms with van der Waals surface area (Å²) in [7, 11) is 0. The molecule has 24 heavy (non-hydrogen) atoms. The van der Waals surface area contributed by atoms with E-state index >= 15 is 0 Å². The van der Waals surface area contributed by atoms with Gasteiger partial charge in [-0.05, 0) is 24.6 Å². The molecule has 1 aromatic rings. The molecule has 3 N–H and O–H groups in total. The number of amides is 1. The average molecular weight is 357 g/mol. The molecule has 0 aliphatic heterocycles. The van der Waals surface area contributed by atoms with Crippen molar-refractivity contribution in [2.75, 3.05) is 19.7 Å². The fraction of sp³-hybridized carbons (Fsp3) is 0.611. The number of carbonyl (C=O) groups excluding carboxylic acids is 1. The van der Waals surface area contributed by atoms with Gasteiger partial charge in [0.25, 0.3) is 5.91 Å². The number of nitrogens with one attached hydrogen (secondary N) is 2. The smallest absolute Gasteiger partial charge is 0.251 e. The van der Waals surface area contributed by atoms with Crippen molar-refractivity contribution in [1.29, 1.82) is 0 Å². The van der Waals surface area contributed by atoms with Crippen molar-refractivity contribution in [3.63, 3.8) is 0 Å². The van der Waals surface area contributed by atoms with Gasteiger partial charge in [0.05, 0.1) is 5.02 Å². The van der Waals surface area contributed by atoms with Crippen LogP contribution in [0.15, 0.2) is 18.2 Å². The number of aliphatic hydroxyl groups excluding tert-OH is 1. The van der Waals surface area contributed by atoms with Gasteiger partial charge >= 0.3 is 0 Å². The van der Waals surface area contributed by atoms with Crippen LogP contribution in [-0.2, 0) is 0 Å². The lowest BCUT2D eigenvalue weighted by Crippen LogP contribution is -2.35. The lowest BCUT2D eigenvalue weighted by molar-refractivity contribution is 0.0952. The van der Waals surface area contributed by atoms with Gasteiger partial charge in [-0.25, -0.2) is 0 Å². The van der Waals surface area contributed by atoms with Gasteiger partial charge < -0.3 is 20.5 Å². The second kappa shape index (κ2) is 11.3. The first-order chi connectivity index (χ1) is 11.4. The minimum atomic E-state index is -0.620. The summed E-state index contributed by atoms with van der Waals surface area (Å²) in [5.41, 5.74) is 0.505. The number of halogens is 1. The molecule has 0 aliphatic carbocycles. The topological polar surface area (TPSA) is 70.6 Å². The van der Waals surface area contributed by atoms with Crippen LogP contribution in [0.2, 0.25) is 5.02 Å². The fourth-order valence-electron chi connectivity index (χ4n) is 2.05. The molecule has 0 spiro atoms. The predicted octanol–water partition coefficient (Wildman–Crippen LogP) is 3.00. The largest absolute Gasteiger partial charge is 0.489 e. The number of benzene rings is 1. The maximum absolute atomic E-state index is 12.0. The van der Waals surface area contributed by atoms with Crippen molar-refractivity contribution in [1.82, 2.24) is 10.6 Å². The Labute approximate surface area is 149 Å². The molecule has 0 fully saturated rings. The second-order valence-corrected chi connectivity index (χ2v) is 6.54. The number of hydrogen-bond acceptors (Lipinski definition) is 4. The molecule has 0 saturated heterocycles. The van der Waals surface area contributed by atoms with Crippen LogP contribution in [0.4, 0.5) is 0 Å². The number of ether oxygens (including phenoxy) is 1. The van der Waals surface area contributed by atoms with E-state index in [1.807, 2.05) is 13.8 Å². The number of carbonyl (C=O) groups is 1. The van der Waals surface area contributed by atoms with E-state index in [2.05, 4.69) is 17.6 Å². The zero-order valence-electron chi connectivity index (χ0n) is 14.8. The van der Waals surface area contributed by atoms with Gasteiger partial charge in [0.1, 0.15) is 18.5 Å². The molecule has 0 saturated carbocycles. The van der Waals surface area contributed by atoms with Gasteiger partial charge in [-0.15, -0.1) is 0 Å². The molecule has 0 bridgehead atoms. The minimum absolute atomic E-state index is 0.138. The van der Waals surface area contributed by atoms with E-state index in [1.165, 1.54) is 0 Å². The van der Waals surface area contributed by atoms with E-state index in [0.29, 0.717) is 35.5 Å². The highest BCUT2D eigenvalue weighted by Gasteiger charge is 2.11. The molecule has 0 heterocycles. The zero-order chi connectivity index (χ0) is 17.9. The van der Waals surface area contributed by atoms with E-state index in [-0.39, 0.29) is 12.5 Å². The molecule has 0 aromatic heterocycles. The number of aliphatic hydroxyl groups is 1. The van der Waals surface area contributed by atoms with Crippen molar-refractivity contribution in [2.24, 2.45) is 0 Å². The summed E-state index contributed by atoms with van der Waals surface area (Å²) in [4.78, 5) is 12.0. The van der Waals surface area contributed by atoms with Crippen LogP contribution in [0.5, 0.6) is 5.75 Å². The molecule has 5 nitrogen and oxygen atoms in total. The zero-order valence-corrected chi connectivity index (χ0v) is 15.5. The molecule has 136 valence electrons. The lowest BCUT2D eigenvalue weighted by atomic mass is 10.2. The van der Waals surface area contributed by atoms with Crippen LogP contribution in [0.1, 0.15) is 50.4 Å². The SMILES string of the molecule is CCCCCNC(=O)c1ccc(OCC(O)CNC(C)C)c(Cl)c1. The van der Waals surface area contributed by atoms with Crippen LogP contribution in [0.25, 0.3) is 0 Å². The Bertz CT molecular complexity index is 509. The van der Waals surface area contributed by atoms with Crippen molar-refractivity contribution in [2.45, 2.75) is 52.2 Å². The average Bonchev–Trinajstić information content (AvgIpc) is 2.55. The van der Waals surface area contributed by atoms with Crippen LogP contribution >= 0.6 is 11.6 Å². The Kier molecular flexibility index (Phi) is 9.76. The Balaban J connectivity index is 2.47. The molecule has 0 aliphatic rings. The maximum atomic E-state index is 12.0. The number of rotatable bonds is 11. The Morgan fingerprint density at radius 1 is 1.33 bits per heavy atom. The first kappa shape index (κ1) is 20.7. The van der Waals surface area contributed by atoms with Gasteiger partial charge in [0, 0.05) is 24.7 Å². The van der Waals surface area contributed by atoms with Crippen molar-refractivity contribution in [3.8, 4) is 5.75 Å². The van der Waals surface area contributed by atoms with Crippen molar-refractivity contribution < 1.29 is 14.6 Å². The standard InChI is InChI=1S/C18H29ClN2O3/c1-4-5-6-9-20-18(23)14-7-8-17(16(19)10-14)24-12-15(22)11-21-13(2)3/h7-8,10,13,15,21-22H,4-6,9,11-12H2,1-3H3,(H,20,23). The third-order valence-electron chi connectivity index (χ3n) is 3.45. The Morgan fingerprint density at radius 3 is 2.71 bits per heavy atom. The molecule has 1 amide bonds. The molecular weight excluding hydrogens is 328 g/mol. The molecule has 1 rings (SSSR count). The molecule has 1 unspecified atom stereocenters. The molecule has 6 heteroatoms. The summed E-state index contributed by atoms with van der Waals surface area (Å²) in [6.07, 6.45) is 2.57. The molecule has 1 atom stereocenters. The van der Waals surface area contributed by atoms with E-state index in [9.17, 15) is 9.90 Å². The normalized spacial score (nSPS) is 12.2. The molecule has 1 aromatic carbocycles. The predicted molar refractivity (Wildman–Crippen MR) is 98.0 cm³/mol. The van der Waals surface area contributed by atoms with Crippen LogP contribution in [0.3, 0.4) is 0 Å². The summed E-state index contributed by atoms with van der Waals surface area (Å²) < 4.78 is 5.53. The monoisotopic (exact) mass is 356 g/mol. The van der Waals surface area contributed by atoms with Crippen LogP contribution in [0, 0.1) is 0 Å². The number of unbranched alkanes of at least 4 members (excludes halogenated alkanes) is 2. The summed E-state index contributed by atoms with van der Waals surface area (Å²) in [5.74, 6) is 0.323. The van der Waals surface area contributed by atoms with Gasteiger partial charge in [-0.1, -0.05) is 45.2 Å². The second-order valence-electron chi connectivity index (χ2n) is 6.14. The summed E-state index contributed by atoms with van der Waals surface area (Å²) in [5, 5.41) is 16.2. The quantitative estimate of drug-likeness (QED) is 0.533. The summed E-state index contributed by atoms with van der Waals surface area (Å²) in [6.45, 7) is 7.40. The van der Waals surface area contributed by atoms with Gasteiger partial charge in [-0.2, -0.15) is 0 Å². The number of hydrogen-bond donors (Lipinski definition) is 3. The van der Waals surface area contributed by atoms with Crippen LogP contribution in [-0.4, -0.2) is 42.9 Å². The maximum Gasteiger partial charge on any atom is 0.251 e. The van der Waals surface area contributed by atoms with E-state index < -0.39 is 6.10 Å². The van der Waals surface area contributed by atoms with Crippen molar-refractivity contribution >= 4 is 17.5 Å². The first-order valence-corrected chi connectivity index (χ1v) is 8.93. The molecular formula is C18H29ClN2O3. The lowest BCUT2D eigenvalue weighted by Gasteiger charge is -2.16. The highest BCUT2D eigenvalue weighted by molar-refractivity contribution is 6.32. The minimum Gasteiger partial charge on any atom is -0.489 e. The Hall–Kier alpha value is -1.30. The summed E-state index contributed by atoms with van der Waals surface area (Å²) >= 11 is 6.17. The Morgan fingerprint density at radius 2 is 2.08 bits per heavy atom. The van der Waals surface area contributed by atoms with Gasteiger partial charge in [0.2, 0.25) is 0 Å². The van der Waals surface area contributed by atoms with Gasteiger partial charge in [0.15, 0.2) is 0 Å². The third kappa shape index (κ3) is 7.99. The fourth-order valence-corrected chi connectivity index (χ4v) is 2.29.